The number of rotatable bonds is 4. The molecule has 0 spiro atoms. The number of hydrogen-bond donors (Lipinski definition) is 2. The predicted octanol–water partition coefficient (Wildman–Crippen LogP) is 6.44. The fourth-order valence-corrected chi connectivity index (χ4v) is 6.32. The van der Waals surface area contributed by atoms with Gasteiger partial charge < -0.3 is 5.11 Å². The Hall–Kier alpha value is -3.05. The van der Waals surface area contributed by atoms with E-state index in [4.69, 9.17) is 0 Å². The Kier molecular flexibility index (Phi) is 5.06. The molecule has 0 unspecified atom stereocenters. The van der Waals surface area contributed by atoms with Gasteiger partial charge in [-0.05, 0) is 35.2 Å². The third-order valence-electron chi connectivity index (χ3n) is 6.34. The van der Waals surface area contributed by atoms with Crippen molar-refractivity contribution >= 4 is 37.3 Å². The van der Waals surface area contributed by atoms with E-state index in [0.29, 0.717) is 34.9 Å². The van der Waals surface area contributed by atoms with E-state index in [9.17, 15) is 13.5 Å². The van der Waals surface area contributed by atoms with Crippen molar-refractivity contribution in [3.63, 3.8) is 0 Å². The molecule has 31 heavy (non-hydrogen) atoms. The molecule has 0 aliphatic heterocycles. The van der Waals surface area contributed by atoms with Gasteiger partial charge >= 0.3 is 0 Å². The summed E-state index contributed by atoms with van der Waals surface area (Å²) in [4.78, 5) is 0. The molecule has 0 bridgehead atoms. The van der Waals surface area contributed by atoms with Gasteiger partial charge in [0.2, 0.25) is 10.0 Å². The van der Waals surface area contributed by atoms with Crippen LogP contribution in [0.2, 0.25) is 0 Å². The van der Waals surface area contributed by atoms with Gasteiger partial charge in [0.05, 0.1) is 10.9 Å². The second-order valence-electron chi connectivity index (χ2n) is 8.30. The molecule has 5 heteroatoms. The fourth-order valence-electron chi connectivity index (χ4n) is 4.72. The van der Waals surface area contributed by atoms with Gasteiger partial charge in [0.1, 0.15) is 5.75 Å². The quantitative estimate of drug-likeness (QED) is 0.365. The van der Waals surface area contributed by atoms with E-state index in [1.165, 1.54) is 0 Å². The minimum atomic E-state index is -3.51. The van der Waals surface area contributed by atoms with Crippen molar-refractivity contribution in [3.8, 4) is 16.9 Å². The van der Waals surface area contributed by atoms with Crippen molar-refractivity contribution in [2.45, 2.75) is 37.4 Å². The van der Waals surface area contributed by atoms with E-state index in [1.54, 1.807) is 6.07 Å². The lowest BCUT2D eigenvalue weighted by Gasteiger charge is -2.23. The van der Waals surface area contributed by atoms with Gasteiger partial charge in [-0.3, -0.25) is 4.72 Å². The average Bonchev–Trinajstić information content (AvgIpc) is 2.81. The highest BCUT2D eigenvalue weighted by Crippen LogP contribution is 2.43. The van der Waals surface area contributed by atoms with Crippen LogP contribution < -0.4 is 4.72 Å². The van der Waals surface area contributed by atoms with Crippen molar-refractivity contribution in [2.75, 3.05) is 4.72 Å². The standard InChI is InChI=1S/C26H25NO3S/c28-26-23-15-7-6-14-22(23)25(27-31(29,30)19-11-2-1-3-12-19)17-24(26)21-16-8-10-18-9-4-5-13-20(18)21/h4-10,13-17,19,27-28H,1-3,11-12H2. The first-order valence-corrected chi connectivity index (χ1v) is 12.3. The SMILES string of the molecule is O=S(=O)(Nc1cc(-c2cccc3ccccc23)c(O)c2ccccc12)C1CCCCC1. The molecule has 5 rings (SSSR count). The predicted molar refractivity (Wildman–Crippen MR) is 128 cm³/mol. The highest BCUT2D eigenvalue weighted by molar-refractivity contribution is 7.93. The Labute approximate surface area is 182 Å². The number of hydrogen-bond acceptors (Lipinski definition) is 3. The molecule has 0 radical (unpaired) electrons. The zero-order valence-electron chi connectivity index (χ0n) is 17.2. The zero-order chi connectivity index (χ0) is 21.4. The number of sulfonamides is 1. The van der Waals surface area contributed by atoms with Crippen LogP contribution in [-0.2, 0) is 10.0 Å². The second-order valence-corrected chi connectivity index (χ2v) is 10.3. The average molecular weight is 432 g/mol. The molecule has 158 valence electrons. The van der Waals surface area contributed by atoms with Crippen LogP contribution in [0.25, 0.3) is 32.7 Å². The lowest BCUT2D eigenvalue weighted by Crippen LogP contribution is -2.29. The Morgan fingerprint density at radius 2 is 1.39 bits per heavy atom. The van der Waals surface area contributed by atoms with Crippen LogP contribution in [0.1, 0.15) is 32.1 Å². The highest BCUT2D eigenvalue weighted by atomic mass is 32.2. The van der Waals surface area contributed by atoms with Crippen LogP contribution in [0, 0.1) is 0 Å². The number of fused-ring (bicyclic) bond motifs is 2. The van der Waals surface area contributed by atoms with Gasteiger partial charge in [0.25, 0.3) is 0 Å². The number of nitrogens with one attached hydrogen (secondary N) is 1. The smallest absolute Gasteiger partial charge is 0.235 e. The molecule has 0 amide bonds. The summed E-state index contributed by atoms with van der Waals surface area (Å²) >= 11 is 0. The largest absolute Gasteiger partial charge is 0.507 e. The molecule has 1 fully saturated rings. The first-order valence-electron chi connectivity index (χ1n) is 10.8. The third-order valence-corrected chi connectivity index (χ3v) is 8.19. The molecule has 1 aliphatic rings. The van der Waals surface area contributed by atoms with Gasteiger partial charge in [0.15, 0.2) is 0 Å². The molecule has 2 N–H and O–H groups in total. The van der Waals surface area contributed by atoms with Gasteiger partial charge in [-0.1, -0.05) is 86.0 Å². The van der Waals surface area contributed by atoms with Crippen LogP contribution in [0.4, 0.5) is 5.69 Å². The van der Waals surface area contributed by atoms with Crippen molar-refractivity contribution in [1.29, 1.82) is 0 Å². The van der Waals surface area contributed by atoms with Crippen molar-refractivity contribution in [2.24, 2.45) is 0 Å². The maximum Gasteiger partial charge on any atom is 0.235 e. The van der Waals surface area contributed by atoms with E-state index in [1.807, 2.05) is 66.7 Å². The minimum Gasteiger partial charge on any atom is -0.507 e. The molecular weight excluding hydrogens is 406 g/mol. The van der Waals surface area contributed by atoms with Gasteiger partial charge in [-0.25, -0.2) is 8.42 Å². The van der Waals surface area contributed by atoms with E-state index in [0.717, 1.165) is 35.6 Å². The van der Waals surface area contributed by atoms with E-state index in [-0.39, 0.29) is 11.0 Å². The molecular formula is C26H25NO3S. The molecule has 0 atom stereocenters. The van der Waals surface area contributed by atoms with Crippen LogP contribution in [0.15, 0.2) is 72.8 Å². The van der Waals surface area contributed by atoms with Gasteiger partial charge in [0, 0.05) is 16.3 Å². The Morgan fingerprint density at radius 1 is 0.742 bits per heavy atom. The number of aromatic hydroxyl groups is 1. The Morgan fingerprint density at radius 3 is 2.16 bits per heavy atom. The van der Waals surface area contributed by atoms with E-state index < -0.39 is 10.0 Å². The monoisotopic (exact) mass is 431 g/mol. The Balaban J connectivity index is 1.70. The Bertz CT molecular complexity index is 1370. The molecule has 0 heterocycles. The molecule has 1 aliphatic carbocycles. The van der Waals surface area contributed by atoms with Crippen LogP contribution >= 0.6 is 0 Å². The molecule has 4 aromatic carbocycles. The van der Waals surface area contributed by atoms with Crippen LogP contribution in [-0.4, -0.2) is 18.8 Å². The number of anilines is 1. The van der Waals surface area contributed by atoms with E-state index in [2.05, 4.69) is 4.72 Å². The van der Waals surface area contributed by atoms with Crippen molar-refractivity contribution in [1.82, 2.24) is 0 Å². The second kappa shape index (κ2) is 7.89. The lowest BCUT2D eigenvalue weighted by atomic mass is 9.94. The van der Waals surface area contributed by atoms with Crippen molar-refractivity contribution < 1.29 is 13.5 Å². The first kappa shape index (κ1) is 19.9. The molecule has 1 saturated carbocycles. The summed E-state index contributed by atoms with van der Waals surface area (Å²) in [7, 11) is -3.51. The molecule has 4 nitrogen and oxygen atoms in total. The summed E-state index contributed by atoms with van der Waals surface area (Å²) in [6.45, 7) is 0. The van der Waals surface area contributed by atoms with Crippen LogP contribution in [0.5, 0.6) is 5.75 Å². The van der Waals surface area contributed by atoms with Gasteiger partial charge in [-0.2, -0.15) is 0 Å². The molecule has 4 aromatic rings. The van der Waals surface area contributed by atoms with E-state index >= 15 is 0 Å². The van der Waals surface area contributed by atoms with Crippen molar-refractivity contribution in [3.05, 3.63) is 72.8 Å². The number of phenolic OH excluding ortho intramolecular Hbond substituents is 1. The van der Waals surface area contributed by atoms with Crippen LogP contribution in [0.3, 0.4) is 0 Å². The topological polar surface area (TPSA) is 66.4 Å². The summed E-state index contributed by atoms with van der Waals surface area (Å²) in [5.41, 5.74) is 2.01. The highest BCUT2D eigenvalue weighted by Gasteiger charge is 2.28. The maximum atomic E-state index is 13.2. The lowest BCUT2D eigenvalue weighted by molar-refractivity contribution is 0.483. The first-order chi connectivity index (χ1) is 15.0. The fraction of sp³-hybridized carbons (Fsp3) is 0.231. The zero-order valence-corrected chi connectivity index (χ0v) is 18.0. The molecule has 0 saturated heterocycles. The minimum absolute atomic E-state index is 0.160. The summed E-state index contributed by atoms with van der Waals surface area (Å²) < 4.78 is 29.2. The summed E-state index contributed by atoms with van der Waals surface area (Å²) in [5.74, 6) is 0.160. The molecule has 0 aromatic heterocycles. The van der Waals surface area contributed by atoms with Gasteiger partial charge in [-0.15, -0.1) is 0 Å². The summed E-state index contributed by atoms with van der Waals surface area (Å²) in [5, 5.41) is 14.2. The number of benzene rings is 4. The third kappa shape index (κ3) is 3.63. The summed E-state index contributed by atoms with van der Waals surface area (Å²) in [6, 6.07) is 23.1. The normalized spacial score (nSPS) is 15.4. The number of phenols is 1. The maximum absolute atomic E-state index is 13.2. The summed E-state index contributed by atoms with van der Waals surface area (Å²) in [6.07, 6.45) is 4.38.